The van der Waals surface area contributed by atoms with Gasteiger partial charge in [0.15, 0.2) is 0 Å². The molecule has 1 amide bonds. The number of aromatic nitrogens is 2. The summed E-state index contributed by atoms with van der Waals surface area (Å²) < 4.78 is 1.86. The summed E-state index contributed by atoms with van der Waals surface area (Å²) in [7, 11) is 0. The van der Waals surface area contributed by atoms with Crippen LogP contribution in [0.2, 0.25) is 0 Å². The van der Waals surface area contributed by atoms with Crippen LogP contribution in [0, 0.1) is 6.92 Å². The van der Waals surface area contributed by atoms with Crippen LogP contribution in [0.5, 0.6) is 0 Å². The Morgan fingerprint density at radius 1 is 1.26 bits per heavy atom. The predicted octanol–water partition coefficient (Wildman–Crippen LogP) is 2.52. The Balaban J connectivity index is 1.81. The van der Waals surface area contributed by atoms with Crippen molar-refractivity contribution in [3.8, 4) is 5.69 Å². The molecule has 2 heterocycles. The second kappa shape index (κ2) is 6.54. The molecule has 1 aliphatic heterocycles. The van der Waals surface area contributed by atoms with E-state index in [1.54, 1.807) is 6.20 Å². The molecule has 2 unspecified atom stereocenters. The average Bonchev–Trinajstić information content (AvgIpc) is 3.00. The lowest BCUT2D eigenvalue weighted by atomic mass is 9.96. The van der Waals surface area contributed by atoms with E-state index in [0.717, 1.165) is 37.2 Å². The first-order chi connectivity index (χ1) is 11.1. The number of hydrogen-bond donors (Lipinski definition) is 1. The van der Waals surface area contributed by atoms with Crippen molar-refractivity contribution >= 4 is 5.91 Å². The van der Waals surface area contributed by atoms with Crippen LogP contribution in [-0.4, -0.2) is 39.2 Å². The average molecular weight is 312 g/mol. The van der Waals surface area contributed by atoms with E-state index in [0.29, 0.717) is 5.56 Å². The minimum Gasteiger partial charge on any atom is -0.334 e. The van der Waals surface area contributed by atoms with E-state index < -0.39 is 0 Å². The molecule has 2 aromatic rings. The maximum atomic E-state index is 12.8. The van der Waals surface area contributed by atoms with Gasteiger partial charge in [0.1, 0.15) is 0 Å². The zero-order chi connectivity index (χ0) is 16.4. The van der Waals surface area contributed by atoms with Crippen molar-refractivity contribution in [2.24, 2.45) is 5.73 Å². The van der Waals surface area contributed by atoms with Gasteiger partial charge in [-0.25, -0.2) is 4.68 Å². The normalized spacial score (nSPS) is 19.6. The lowest BCUT2D eigenvalue weighted by Crippen LogP contribution is -2.51. The molecule has 23 heavy (non-hydrogen) atoms. The quantitative estimate of drug-likeness (QED) is 0.947. The van der Waals surface area contributed by atoms with Crippen molar-refractivity contribution in [2.75, 3.05) is 6.54 Å². The van der Waals surface area contributed by atoms with Crippen LogP contribution in [0.3, 0.4) is 0 Å². The Kier molecular flexibility index (Phi) is 4.48. The molecule has 3 rings (SSSR count). The lowest BCUT2D eigenvalue weighted by Gasteiger charge is -2.38. The van der Waals surface area contributed by atoms with Gasteiger partial charge < -0.3 is 10.6 Å². The second-order valence-corrected chi connectivity index (χ2v) is 6.35. The molecule has 0 spiro atoms. The number of nitrogens with zero attached hydrogens (tertiary/aromatic N) is 3. The number of nitrogens with two attached hydrogens (primary N) is 1. The highest BCUT2D eigenvalue weighted by atomic mass is 16.2. The smallest absolute Gasteiger partial charge is 0.254 e. The Hall–Kier alpha value is -2.14. The van der Waals surface area contributed by atoms with E-state index >= 15 is 0 Å². The second-order valence-electron chi connectivity index (χ2n) is 6.35. The molecular formula is C18H24N4O. The minimum absolute atomic E-state index is 0.00486. The monoisotopic (exact) mass is 312 g/mol. The lowest BCUT2D eigenvalue weighted by molar-refractivity contribution is 0.0584. The van der Waals surface area contributed by atoms with Crippen LogP contribution in [0.1, 0.15) is 42.2 Å². The first kappa shape index (κ1) is 15.7. The highest BCUT2D eigenvalue weighted by Crippen LogP contribution is 2.22. The molecule has 2 N–H and O–H groups in total. The van der Waals surface area contributed by atoms with Gasteiger partial charge in [-0.3, -0.25) is 4.79 Å². The highest BCUT2D eigenvalue weighted by Gasteiger charge is 2.29. The van der Waals surface area contributed by atoms with Gasteiger partial charge in [-0.05, 0) is 63.4 Å². The Morgan fingerprint density at radius 3 is 2.61 bits per heavy atom. The van der Waals surface area contributed by atoms with Crippen molar-refractivity contribution in [1.29, 1.82) is 0 Å². The third-order valence-corrected chi connectivity index (χ3v) is 4.61. The fourth-order valence-electron chi connectivity index (χ4n) is 3.31. The number of carbonyl (C=O) groups is 1. The van der Waals surface area contributed by atoms with E-state index in [2.05, 4.69) is 5.10 Å². The van der Waals surface area contributed by atoms with Crippen LogP contribution in [-0.2, 0) is 0 Å². The summed E-state index contributed by atoms with van der Waals surface area (Å²) in [5, 5.41) is 4.29. The molecule has 2 atom stereocenters. The van der Waals surface area contributed by atoms with Gasteiger partial charge in [-0.1, -0.05) is 0 Å². The van der Waals surface area contributed by atoms with Crippen molar-refractivity contribution in [3.63, 3.8) is 0 Å². The topological polar surface area (TPSA) is 64.2 Å². The molecule has 5 nitrogen and oxygen atoms in total. The van der Waals surface area contributed by atoms with E-state index in [9.17, 15) is 4.79 Å². The standard InChI is InChI=1S/C18H24N4O/c1-13-10-11-20-22(13)16-8-6-15(7-9-16)18(23)21-12-4-3-5-17(21)14(2)19/h6-11,14,17H,3-5,12,19H2,1-2H3. The number of rotatable bonds is 3. The summed E-state index contributed by atoms with van der Waals surface area (Å²) in [6, 6.07) is 9.75. The molecule has 1 aliphatic rings. The highest BCUT2D eigenvalue weighted by molar-refractivity contribution is 5.94. The van der Waals surface area contributed by atoms with Gasteiger partial charge in [-0.15, -0.1) is 0 Å². The van der Waals surface area contributed by atoms with Gasteiger partial charge in [0.25, 0.3) is 5.91 Å². The van der Waals surface area contributed by atoms with E-state index in [1.165, 1.54) is 0 Å². The summed E-state index contributed by atoms with van der Waals surface area (Å²) >= 11 is 0. The predicted molar refractivity (Wildman–Crippen MR) is 90.6 cm³/mol. The number of aryl methyl sites for hydroxylation is 1. The third kappa shape index (κ3) is 3.15. The first-order valence-electron chi connectivity index (χ1n) is 8.25. The van der Waals surface area contributed by atoms with Gasteiger partial charge >= 0.3 is 0 Å². The summed E-state index contributed by atoms with van der Waals surface area (Å²) in [6.45, 7) is 4.79. The largest absolute Gasteiger partial charge is 0.334 e. The fourth-order valence-corrected chi connectivity index (χ4v) is 3.31. The molecular weight excluding hydrogens is 288 g/mol. The zero-order valence-corrected chi connectivity index (χ0v) is 13.8. The first-order valence-corrected chi connectivity index (χ1v) is 8.25. The molecule has 0 aliphatic carbocycles. The SMILES string of the molecule is Cc1ccnn1-c1ccc(C(=O)N2CCCCC2C(C)N)cc1. The molecule has 1 aromatic heterocycles. The molecule has 0 bridgehead atoms. The molecule has 5 heteroatoms. The zero-order valence-electron chi connectivity index (χ0n) is 13.8. The van der Waals surface area contributed by atoms with Crippen molar-refractivity contribution in [3.05, 3.63) is 47.8 Å². The van der Waals surface area contributed by atoms with Gasteiger partial charge in [-0.2, -0.15) is 5.10 Å². The van der Waals surface area contributed by atoms with Crippen LogP contribution >= 0.6 is 0 Å². The van der Waals surface area contributed by atoms with Gasteiger partial charge in [0.2, 0.25) is 0 Å². The number of piperidine rings is 1. The summed E-state index contributed by atoms with van der Waals surface area (Å²) in [4.78, 5) is 14.8. The van der Waals surface area contributed by atoms with E-state index in [-0.39, 0.29) is 18.0 Å². The van der Waals surface area contributed by atoms with Gasteiger partial charge in [0.05, 0.1) is 5.69 Å². The van der Waals surface area contributed by atoms with Crippen LogP contribution in [0.4, 0.5) is 0 Å². The van der Waals surface area contributed by atoms with Gasteiger partial charge in [0, 0.05) is 36.1 Å². The maximum Gasteiger partial charge on any atom is 0.254 e. The number of amides is 1. The van der Waals surface area contributed by atoms with E-state index in [1.807, 2.05) is 53.8 Å². The molecule has 0 saturated carbocycles. The van der Waals surface area contributed by atoms with E-state index in [4.69, 9.17) is 5.73 Å². The molecule has 0 radical (unpaired) electrons. The Morgan fingerprint density at radius 2 is 2.00 bits per heavy atom. The summed E-state index contributed by atoms with van der Waals surface area (Å²) in [5.41, 5.74) is 8.82. The number of benzene rings is 1. The Labute approximate surface area is 137 Å². The molecule has 122 valence electrons. The number of carbonyl (C=O) groups excluding carboxylic acids is 1. The summed E-state index contributed by atoms with van der Waals surface area (Å²) in [5.74, 6) is 0.0794. The van der Waals surface area contributed by atoms with Crippen molar-refractivity contribution in [1.82, 2.24) is 14.7 Å². The number of hydrogen-bond acceptors (Lipinski definition) is 3. The summed E-state index contributed by atoms with van der Waals surface area (Å²) in [6.07, 6.45) is 4.97. The molecule has 1 fully saturated rings. The molecule has 1 saturated heterocycles. The third-order valence-electron chi connectivity index (χ3n) is 4.61. The van der Waals surface area contributed by atoms with Crippen molar-refractivity contribution in [2.45, 2.75) is 45.2 Å². The molecule has 1 aromatic carbocycles. The fraction of sp³-hybridized carbons (Fsp3) is 0.444. The van der Waals surface area contributed by atoms with Crippen LogP contribution < -0.4 is 5.73 Å². The van der Waals surface area contributed by atoms with Crippen LogP contribution in [0.15, 0.2) is 36.5 Å². The van der Waals surface area contributed by atoms with Crippen LogP contribution in [0.25, 0.3) is 5.69 Å². The minimum atomic E-state index is 0.00486. The van der Waals surface area contributed by atoms with Crippen molar-refractivity contribution < 1.29 is 4.79 Å². The Bertz CT molecular complexity index is 675. The maximum absolute atomic E-state index is 12.8. The number of likely N-dealkylation sites (tertiary alicyclic amines) is 1.